The van der Waals surface area contributed by atoms with Crippen LogP contribution in [0.4, 0.5) is 5.69 Å². The number of benzene rings is 2. The van der Waals surface area contributed by atoms with E-state index in [4.69, 9.17) is 0 Å². The fraction of sp³-hybridized carbons (Fsp3) is 0.381. The average Bonchev–Trinajstić information content (AvgIpc) is 2.98. The summed E-state index contributed by atoms with van der Waals surface area (Å²) in [6, 6.07) is 19.3. The summed E-state index contributed by atoms with van der Waals surface area (Å²) in [5.41, 5.74) is 2.06. The Balaban J connectivity index is 1.51. The van der Waals surface area contributed by atoms with Gasteiger partial charge >= 0.3 is 0 Å². The maximum Gasteiger partial charge on any atom is 0.241 e. The first-order chi connectivity index (χ1) is 13.0. The topological polar surface area (TPSA) is 57.7 Å². The van der Waals surface area contributed by atoms with Crippen LogP contribution < -0.4 is 4.90 Å². The summed E-state index contributed by atoms with van der Waals surface area (Å²) in [5.74, 6) is 0.173. The lowest BCUT2D eigenvalue weighted by atomic mass is 10.0. The summed E-state index contributed by atoms with van der Waals surface area (Å²) in [6.07, 6.45) is 1.84. The minimum atomic E-state index is -3.14. The van der Waals surface area contributed by atoms with E-state index < -0.39 is 9.84 Å². The zero-order valence-electron chi connectivity index (χ0n) is 15.2. The number of para-hydroxylation sites is 1. The molecule has 0 aliphatic carbocycles. The number of hydrogen-bond donors (Lipinski definition) is 0. The first-order valence-electron chi connectivity index (χ1n) is 9.39. The van der Waals surface area contributed by atoms with E-state index in [1.165, 1.54) is 5.56 Å². The van der Waals surface area contributed by atoms with Crippen molar-refractivity contribution in [1.29, 1.82) is 0 Å². The van der Waals surface area contributed by atoms with Crippen molar-refractivity contribution in [3.63, 3.8) is 0 Å². The standard InChI is InChI=1S/C21H24N2O3S/c24-21-14-22(13-7-10-17-8-3-1-4-9-17)19-15-27(25,26)16-20(19)23(21)18-11-5-2-6-12-18/h1-6,8-9,11-12,19-20H,7,10,13-16H2/t19-,20-/m0/s1. The van der Waals surface area contributed by atoms with Crippen LogP contribution in [0, 0.1) is 0 Å². The minimum Gasteiger partial charge on any atom is -0.306 e. The Kier molecular flexibility index (Phi) is 5.02. The monoisotopic (exact) mass is 384 g/mol. The highest BCUT2D eigenvalue weighted by atomic mass is 32.2. The van der Waals surface area contributed by atoms with Crippen LogP contribution in [0.2, 0.25) is 0 Å². The lowest BCUT2D eigenvalue weighted by molar-refractivity contribution is -0.123. The van der Waals surface area contributed by atoms with Gasteiger partial charge in [-0.15, -0.1) is 0 Å². The summed E-state index contributed by atoms with van der Waals surface area (Å²) < 4.78 is 24.7. The molecule has 2 aliphatic rings. The quantitative estimate of drug-likeness (QED) is 0.793. The van der Waals surface area contributed by atoms with Crippen LogP contribution in [-0.2, 0) is 21.1 Å². The third-order valence-corrected chi connectivity index (χ3v) is 7.19. The molecule has 142 valence electrons. The van der Waals surface area contributed by atoms with Crippen molar-refractivity contribution < 1.29 is 13.2 Å². The molecule has 6 heteroatoms. The van der Waals surface area contributed by atoms with Crippen LogP contribution in [0.15, 0.2) is 60.7 Å². The number of hydrogen-bond acceptors (Lipinski definition) is 4. The second kappa shape index (κ2) is 7.44. The molecule has 0 aromatic heterocycles. The number of aryl methyl sites for hydroxylation is 1. The van der Waals surface area contributed by atoms with Crippen molar-refractivity contribution in [1.82, 2.24) is 4.90 Å². The number of carbonyl (C=O) groups is 1. The lowest BCUT2D eigenvalue weighted by Crippen LogP contribution is -2.62. The van der Waals surface area contributed by atoms with Crippen molar-refractivity contribution in [2.45, 2.75) is 24.9 Å². The van der Waals surface area contributed by atoms with Gasteiger partial charge in [0.05, 0.1) is 24.1 Å². The molecule has 0 radical (unpaired) electrons. The van der Waals surface area contributed by atoms with Crippen molar-refractivity contribution in [3.05, 3.63) is 66.2 Å². The molecule has 2 heterocycles. The normalized spacial score (nSPS) is 24.7. The molecule has 5 nitrogen and oxygen atoms in total. The Morgan fingerprint density at radius 3 is 2.22 bits per heavy atom. The van der Waals surface area contributed by atoms with Crippen molar-refractivity contribution in [3.8, 4) is 0 Å². The second-order valence-corrected chi connectivity index (χ2v) is 9.52. The molecule has 0 spiro atoms. The van der Waals surface area contributed by atoms with Gasteiger partial charge in [-0.05, 0) is 37.1 Å². The number of piperazine rings is 1. The molecule has 2 aromatic carbocycles. The molecule has 27 heavy (non-hydrogen) atoms. The SMILES string of the molecule is O=C1CN(CCCc2ccccc2)[C@H]2CS(=O)(=O)C[C@@H]2N1c1ccccc1. The Hall–Kier alpha value is -2.18. The minimum absolute atomic E-state index is 0.0146. The molecule has 2 aliphatic heterocycles. The largest absolute Gasteiger partial charge is 0.306 e. The fourth-order valence-electron chi connectivity index (χ4n) is 4.26. The van der Waals surface area contributed by atoms with Gasteiger partial charge in [-0.25, -0.2) is 8.42 Å². The highest BCUT2D eigenvalue weighted by Crippen LogP contribution is 2.31. The molecular weight excluding hydrogens is 360 g/mol. The highest BCUT2D eigenvalue weighted by Gasteiger charge is 2.49. The predicted octanol–water partition coefficient (Wildman–Crippen LogP) is 2.13. The summed E-state index contributed by atoms with van der Waals surface area (Å²) in [7, 11) is -3.14. The molecule has 0 bridgehead atoms. The van der Waals surface area contributed by atoms with Crippen LogP contribution >= 0.6 is 0 Å². The highest BCUT2D eigenvalue weighted by molar-refractivity contribution is 7.91. The fourth-order valence-corrected chi connectivity index (χ4v) is 6.24. The summed E-state index contributed by atoms with van der Waals surface area (Å²) >= 11 is 0. The number of rotatable bonds is 5. The lowest BCUT2D eigenvalue weighted by Gasteiger charge is -2.43. The number of carbonyl (C=O) groups excluding carboxylic acids is 1. The molecule has 0 saturated carbocycles. The molecule has 1 amide bonds. The molecule has 2 aromatic rings. The molecule has 2 fully saturated rings. The van der Waals surface area contributed by atoms with E-state index in [1.54, 1.807) is 4.90 Å². The smallest absolute Gasteiger partial charge is 0.241 e. The average molecular weight is 385 g/mol. The van der Waals surface area contributed by atoms with Crippen LogP contribution in [0.1, 0.15) is 12.0 Å². The molecule has 0 unspecified atom stereocenters. The van der Waals surface area contributed by atoms with Gasteiger partial charge in [0.15, 0.2) is 9.84 Å². The maximum atomic E-state index is 12.9. The second-order valence-electron chi connectivity index (χ2n) is 7.37. The molecule has 2 atom stereocenters. The summed E-state index contributed by atoms with van der Waals surface area (Å²) in [4.78, 5) is 16.7. The van der Waals surface area contributed by atoms with Gasteiger partial charge in [0, 0.05) is 11.7 Å². The van der Waals surface area contributed by atoms with Crippen molar-refractivity contribution in [2.24, 2.45) is 0 Å². The van der Waals surface area contributed by atoms with Gasteiger partial charge in [-0.2, -0.15) is 0 Å². The van der Waals surface area contributed by atoms with Crippen molar-refractivity contribution >= 4 is 21.4 Å². The zero-order valence-corrected chi connectivity index (χ0v) is 16.0. The van der Waals surface area contributed by atoms with E-state index >= 15 is 0 Å². The van der Waals surface area contributed by atoms with Gasteiger partial charge < -0.3 is 4.90 Å². The number of amides is 1. The van der Waals surface area contributed by atoms with Gasteiger partial charge in [0.2, 0.25) is 5.91 Å². The van der Waals surface area contributed by atoms with Crippen LogP contribution in [0.25, 0.3) is 0 Å². The first kappa shape index (κ1) is 18.2. The van der Waals surface area contributed by atoms with Gasteiger partial charge in [-0.1, -0.05) is 48.5 Å². The number of nitrogens with zero attached hydrogens (tertiary/aromatic N) is 2. The molecule has 4 rings (SSSR count). The number of anilines is 1. The van der Waals surface area contributed by atoms with E-state index in [1.807, 2.05) is 48.5 Å². The Labute approximate surface area is 160 Å². The van der Waals surface area contributed by atoms with E-state index in [0.29, 0.717) is 0 Å². The van der Waals surface area contributed by atoms with E-state index in [2.05, 4.69) is 17.0 Å². The Morgan fingerprint density at radius 2 is 1.52 bits per heavy atom. The molecule has 2 saturated heterocycles. The maximum absolute atomic E-state index is 12.9. The number of fused-ring (bicyclic) bond motifs is 1. The van der Waals surface area contributed by atoms with Gasteiger partial charge in [0.1, 0.15) is 0 Å². The van der Waals surface area contributed by atoms with E-state index in [0.717, 1.165) is 25.1 Å². The van der Waals surface area contributed by atoms with Crippen LogP contribution in [0.5, 0.6) is 0 Å². The van der Waals surface area contributed by atoms with E-state index in [9.17, 15) is 13.2 Å². The van der Waals surface area contributed by atoms with Crippen LogP contribution in [0.3, 0.4) is 0 Å². The Bertz CT molecular complexity index is 900. The third kappa shape index (κ3) is 3.92. The molecule has 0 N–H and O–H groups in total. The van der Waals surface area contributed by atoms with Gasteiger partial charge in [0.25, 0.3) is 0 Å². The van der Waals surface area contributed by atoms with Crippen LogP contribution in [-0.4, -0.2) is 55.9 Å². The Morgan fingerprint density at radius 1 is 0.889 bits per heavy atom. The predicted molar refractivity (Wildman–Crippen MR) is 106 cm³/mol. The van der Waals surface area contributed by atoms with E-state index in [-0.39, 0.29) is 36.0 Å². The molecular formula is C21H24N2O3S. The zero-order chi connectivity index (χ0) is 18.9. The summed E-state index contributed by atoms with van der Waals surface area (Å²) in [6.45, 7) is 1.01. The summed E-state index contributed by atoms with van der Waals surface area (Å²) in [5, 5.41) is 0. The third-order valence-electron chi connectivity index (χ3n) is 5.49. The number of sulfone groups is 1. The van der Waals surface area contributed by atoms with Gasteiger partial charge in [-0.3, -0.25) is 9.69 Å². The van der Waals surface area contributed by atoms with Crippen molar-refractivity contribution in [2.75, 3.05) is 29.5 Å². The first-order valence-corrected chi connectivity index (χ1v) is 11.2.